The van der Waals surface area contributed by atoms with Crippen molar-refractivity contribution in [2.75, 3.05) is 36.9 Å². The average Bonchev–Trinajstić information content (AvgIpc) is 3.42. The highest BCUT2D eigenvalue weighted by atomic mass is 16.5. The van der Waals surface area contributed by atoms with Crippen LogP contribution in [0.2, 0.25) is 0 Å². The Hall–Kier alpha value is -3.94. The number of aliphatic hydroxyl groups is 1. The summed E-state index contributed by atoms with van der Waals surface area (Å²) in [5.41, 5.74) is 6.26. The summed E-state index contributed by atoms with van der Waals surface area (Å²) in [5.74, 6) is 8.11. The zero-order valence-electron chi connectivity index (χ0n) is 18.3. The Morgan fingerprint density at radius 3 is 2.73 bits per heavy atom. The number of nitrogens with two attached hydrogens (primary N) is 1. The molecule has 0 amide bonds. The van der Waals surface area contributed by atoms with Crippen LogP contribution in [0, 0.1) is 18.8 Å². The summed E-state index contributed by atoms with van der Waals surface area (Å²) in [6, 6.07) is 9.22. The van der Waals surface area contributed by atoms with E-state index in [-0.39, 0.29) is 5.95 Å². The third-order valence-electron chi connectivity index (χ3n) is 5.43. The van der Waals surface area contributed by atoms with Crippen LogP contribution in [0.15, 0.2) is 41.1 Å². The molecular formula is C23H23N7O3. The number of nitrogens with zero attached hydrogens (tertiary/aromatic N) is 6. The molecule has 33 heavy (non-hydrogen) atoms. The molecule has 0 unspecified atom stereocenters. The fourth-order valence-corrected chi connectivity index (χ4v) is 3.70. The average molecular weight is 445 g/mol. The number of benzene rings is 1. The van der Waals surface area contributed by atoms with Crippen LogP contribution < -0.4 is 10.6 Å². The maximum atomic E-state index is 10.7. The van der Waals surface area contributed by atoms with Crippen molar-refractivity contribution < 1.29 is 14.4 Å². The van der Waals surface area contributed by atoms with Gasteiger partial charge in [0.1, 0.15) is 11.5 Å². The molecule has 1 saturated heterocycles. The molecule has 1 aliphatic heterocycles. The standard InChI is InChI=1S/C23H23N7O3/c1-15-13-19(28-33-15)23(2,31)7-5-16-3-4-17-18(14-16)30(20-6-8-25-22(24)26-20)27-21(17)29-9-11-32-12-10-29/h3-4,6,8,13-14,31H,9-12H2,1-2H3,(H2,24,25,26)/t23-/m1/s1. The molecule has 1 aliphatic rings. The molecule has 3 N–H and O–H groups in total. The maximum Gasteiger partial charge on any atom is 0.221 e. The van der Waals surface area contributed by atoms with Gasteiger partial charge in [-0.3, -0.25) is 0 Å². The van der Waals surface area contributed by atoms with E-state index < -0.39 is 5.60 Å². The first-order valence-corrected chi connectivity index (χ1v) is 10.5. The molecule has 1 fully saturated rings. The molecule has 0 radical (unpaired) electrons. The van der Waals surface area contributed by atoms with Crippen molar-refractivity contribution in [2.24, 2.45) is 0 Å². The Morgan fingerprint density at radius 1 is 1.18 bits per heavy atom. The maximum absolute atomic E-state index is 10.7. The number of nitrogen functional groups attached to an aromatic ring is 1. The van der Waals surface area contributed by atoms with Crippen LogP contribution in [0.25, 0.3) is 16.7 Å². The zero-order valence-corrected chi connectivity index (χ0v) is 18.3. The van der Waals surface area contributed by atoms with Crippen LogP contribution in [-0.4, -0.2) is 56.3 Å². The predicted octanol–water partition coefficient (Wildman–Crippen LogP) is 1.79. The van der Waals surface area contributed by atoms with Crippen molar-refractivity contribution in [1.29, 1.82) is 0 Å². The molecule has 0 spiro atoms. The van der Waals surface area contributed by atoms with Gasteiger partial charge in [0, 0.05) is 42.4 Å². The van der Waals surface area contributed by atoms with E-state index in [1.165, 1.54) is 0 Å². The smallest absolute Gasteiger partial charge is 0.221 e. The molecule has 5 rings (SSSR count). The Balaban J connectivity index is 1.60. The summed E-state index contributed by atoms with van der Waals surface area (Å²) in [6.45, 7) is 6.14. The molecule has 3 aromatic heterocycles. The third kappa shape index (κ3) is 4.11. The summed E-state index contributed by atoms with van der Waals surface area (Å²) in [6.07, 6.45) is 1.60. The van der Waals surface area contributed by atoms with Crippen molar-refractivity contribution in [3.05, 3.63) is 53.5 Å². The van der Waals surface area contributed by atoms with Crippen LogP contribution >= 0.6 is 0 Å². The highest BCUT2D eigenvalue weighted by Crippen LogP contribution is 2.30. The minimum Gasteiger partial charge on any atom is -0.378 e. The summed E-state index contributed by atoms with van der Waals surface area (Å²) in [7, 11) is 0. The number of morpholine rings is 1. The lowest BCUT2D eigenvalue weighted by Gasteiger charge is -2.26. The van der Waals surface area contributed by atoms with Gasteiger partial charge in [-0.05, 0) is 32.0 Å². The SMILES string of the molecule is Cc1cc([C@](C)(O)C#Cc2ccc3c(N4CCOCC4)nn(-c4ccnc(N)n4)c3c2)no1. The van der Waals surface area contributed by atoms with Crippen molar-refractivity contribution in [3.63, 3.8) is 0 Å². The van der Waals surface area contributed by atoms with E-state index in [9.17, 15) is 5.11 Å². The van der Waals surface area contributed by atoms with Gasteiger partial charge in [-0.25, -0.2) is 9.67 Å². The van der Waals surface area contributed by atoms with Gasteiger partial charge in [-0.2, -0.15) is 4.98 Å². The number of ether oxygens (including phenoxy) is 1. The Morgan fingerprint density at radius 2 is 2.00 bits per heavy atom. The van der Waals surface area contributed by atoms with Gasteiger partial charge in [0.25, 0.3) is 0 Å². The van der Waals surface area contributed by atoms with E-state index >= 15 is 0 Å². The van der Waals surface area contributed by atoms with Crippen molar-refractivity contribution in [2.45, 2.75) is 19.4 Å². The van der Waals surface area contributed by atoms with E-state index in [1.54, 1.807) is 36.9 Å². The molecule has 4 aromatic rings. The van der Waals surface area contributed by atoms with Gasteiger partial charge < -0.3 is 25.0 Å². The largest absolute Gasteiger partial charge is 0.378 e. The van der Waals surface area contributed by atoms with Crippen LogP contribution in [-0.2, 0) is 10.3 Å². The summed E-state index contributed by atoms with van der Waals surface area (Å²) < 4.78 is 12.3. The first kappa shape index (κ1) is 20.9. The second-order valence-electron chi connectivity index (χ2n) is 7.98. The highest BCUT2D eigenvalue weighted by Gasteiger charge is 2.25. The van der Waals surface area contributed by atoms with E-state index in [0.717, 1.165) is 29.8 Å². The number of rotatable bonds is 3. The lowest BCUT2D eigenvalue weighted by Crippen LogP contribution is -2.36. The van der Waals surface area contributed by atoms with Crippen LogP contribution in [0.4, 0.5) is 11.8 Å². The van der Waals surface area contributed by atoms with Crippen LogP contribution in [0.5, 0.6) is 0 Å². The van der Waals surface area contributed by atoms with E-state index in [2.05, 4.69) is 31.9 Å². The minimum absolute atomic E-state index is 0.166. The van der Waals surface area contributed by atoms with Crippen molar-refractivity contribution >= 4 is 22.7 Å². The van der Waals surface area contributed by atoms with Gasteiger partial charge >= 0.3 is 0 Å². The van der Waals surface area contributed by atoms with E-state index in [0.29, 0.717) is 36.0 Å². The highest BCUT2D eigenvalue weighted by molar-refractivity contribution is 5.92. The van der Waals surface area contributed by atoms with Gasteiger partial charge in [0.05, 0.1) is 18.7 Å². The molecule has 0 bridgehead atoms. The number of anilines is 2. The van der Waals surface area contributed by atoms with E-state index in [1.807, 2.05) is 18.2 Å². The lowest BCUT2D eigenvalue weighted by molar-refractivity contribution is 0.112. The zero-order chi connectivity index (χ0) is 23.0. The van der Waals surface area contributed by atoms with Crippen LogP contribution in [0.1, 0.15) is 23.9 Å². The van der Waals surface area contributed by atoms with Crippen molar-refractivity contribution in [1.82, 2.24) is 24.9 Å². The van der Waals surface area contributed by atoms with E-state index in [4.69, 9.17) is 20.1 Å². The topological polar surface area (TPSA) is 128 Å². The van der Waals surface area contributed by atoms with Gasteiger partial charge in [0.15, 0.2) is 17.2 Å². The second-order valence-corrected chi connectivity index (χ2v) is 7.98. The predicted molar refractivity (Wildman–Crippen MR) is 122 cm³/mol. The monoisotopic (exact) mass is 445 g/mol. The number of hydrogen-bond acceptors (Lipinski definition) is 9. The minimum atomic E-state index is -1.45. The van der Waals surface area contributed by atoms with Gasteiger partial charge in [0.2, 0.25) is 5.95 Å². The van der Waals surface area contributed by atoms with Gasteiger partial charge in [-0.1, -0.05) is 17.0 Å². The lowest BCUT2D eigenvalue weighted by atomic mass is 10.0. The Labute approximate surface area is 190 Å². The quantitative estimate of drug-likeness (QED) is 0.454. The molecule has 4 heterocycles. The van der Waals surface area contributed by atoms with Crippen LogP contribution in [0.3, 0.4) is 0 Å². The third-order valence-corrected chi connectivity index (χ3v) is 5.43. The summed E-state index contributed by atoms with van der Waals surface area (Å²) >= 11 is 0. The molecule has 10 nitrogen and oxygen atoms in total. The Bertz CT molecular complexity index is 1370. The molecule has 10 heteroatoms. The first-order valence-electron chi connectivity index (χ1n) is 10.5. The molecular weight excluding hydrogens is 422 g/mol. The molecule has 168 valence electrons. The second kappa shape index (κ2) is 8.20. The molecule has 1 aromatic carbocycles. The number of fused-ring (bicyclic) bond motifs is 1. The summed E-state index contributed by atoms with van der Waals surface area (Å²) in [4.78, 5) is 10.5. The first-order chi connectivity index (χ1) is 15.9. The normalized spacial score (nSPS) is 15.8. The molecule has 0 aliphatic carbocycles. The fraction of sp³-hybridized carbons (Fsp3) is 0.304. The molecule has 0 saturated carbocycles. The summed E-state index contributed by atoms with van der Waals surface area (Å²) in [5, 5.41) is 20.4. The number of aryl methyl sites for hydroxylation is 1. The van der Waals surface area contributed by atoms with Gasteiger partial charge in [-0.15, -0.1) is 5.10 Å². The number of hydrogen-bond donors (Lipinski definition) is 2. The number of aromatic nitrogens is 5. The fourth-order valence-electron chi connectivity index (χ4n) is 3.70. The molecule has 1 atom stereocenters. The van der Waals surface area contributed by atoms with Crippen molar-refractivity contribution in [3.8, 4) is 17.7 Å². The Kier molecular flexibility index (Phi) is 5.20.